The third-order valence-electron chi connectivity index (χ3n) is 4.34. The topological polar surface area (TPSA) is 279 Å². The number of rotatable bonds is 9. The molecule has 0 aliphatic carbocycles. The Morgan fingerprint density at radius 2 is 2.09 bits per heavy atom. The van der Waals surface area contributed by atoms with Crippen LogP contribution in [-0.4, -0.2) is 68.8 Å². The van der Waals surface area contributed by atoms with Crippen LogP contribution in [0.2, 0.25) is 0 Å². The molecule has 1 saturated heterocycles. The average molecular weight is 532 g/mol. The van der Waals surface area contributed by atoms with Gasteiger partial charge in [0.2, 0.25) is 5.95 Å². The van der Waals surface area contributed by atoms with Gasteiger partial charge >= 0.3 is 23.9 Å². The Hall–Kier alpha value is -1.91. The first-order valence-electron chi connectivity index (χ1n) is 8.48. The summed E-state index contributed by atoms with van der Waals surface area (Å²) in [6.45, 7) is 2.41. The maximum atomic E-state index is 12.0. The van der Waals surface area contributed by atoms with Gasteiger partial charge in [0.25, 0.3) is 5.56 Å². The zero-order valence-electron chi connectivity index (χ0n) is 16.1. The van der Waals surface area contributed by atoms with Gasteiger partial charge in [-0.15, -0.1) is 4.89 Å². The van der Waals surface area contributed by atoms with Crippen molar-refractivity contribution >= 4 is 41.0 Å². The molecular formula is C12H17N5O13P3+. The van der Waals surface area contributed by atoms with Crippen LogP contribution in [0.15, 0.2) is 23.8 Å². The molecule has 182 valence electrons. The van der Waals surface area contributed by atoms with E-state index in [0.717, 1.165) is 17.0 Å². The van der Waals surface area contributed by atoms with Crippen LogP contribution < -0.4 is 11.3 Å². The van der Waals surface area contributed by atoms with Crippen molar-refractivity contribution in [1.82, 2.24) is 19.5 Å². The summed E-state index contributed by atoms with van der Waals surface area (Å²) in [7, 11) is -14.5. The summed E-state index contributed by atoms with van der Waals surface area (Å²) in [5.41, 5.74) is 2.24. The monoisotopic (exact) mass is 532 g/mol. The van der Waals surface area contributed by atoms with E-state index in [1.165, 1.54) is 0 Å². The number of nitrogen functional groups attached to an aromatic ring is 1. The predicted octanol–water partition coefficient (Wildman–Crippen LogP) is -1.22. The fraction of sp³-hybridized carbons (Fsp3) is 0.417. The van der Waals surface area contributed by atoms with E-state index in [0.29, 0.717) is 0 Å². The van der Waals surface area contributed by atoms with Crippen molar-refractivity contribution in [2.24, 2.45) is 0 Å². The lowest BCUT2D eigenvalue weighted by Crippen LogP contribution is -2.45. The first-order valence-corrected chi connectivity index (χ1v) is 12.6. The number of H-pyrrole nitrogens is 1. The van der Waals surface area contributed by atoms with E-state index in [-0.39, 0.29) is 17.1 Å². The van der Waals surface area contributed by atoms with Gasteiger partial charge in [0.15, 0.2) is 23.0 Å². The summed E-state index contributed by atoms with van der Waals surface area (Å²) in [5, 5.41) is 21.4. The molecule has 7 atom stereocenters. The van der Waals surface area contributed by atoms with Gasteiger partial charge in [-0.3, -0.25) is 23.8 Å². The second-order valence-corrected chi connectivity index (χ2v) is 10.4. The van der Waals surface area contributed by atoms with Crippen LogP contribution in [0.5, 0.6) is 0 Å². The van der Waals surface area contributed by atoms with Crippen molar-refractivity contribution < 1.29 is 56.5 Å². The number of aliphatic hydroxyl groups excluding tert-OH is 1. The minimum absolute atomic E-state index is 0.136. The maximum Gasteiger partial charge on any atom is 0.705 e. The van der Waals surface area contributed by atoms with Gasteiger partial charge in [-0.1, -0.05) is 12.7 Å². The molecule has 33 heavy (non-hydrogen) atoms. The molecule has 1 fully saturated rings. The minimum atomic E-state index is -5.47. The molecule has 0 bridgehead atoms. The molecule has 3 rings (SSSR count). The largest absolute Gasteiger partial charge is 0.705 e. The number of phosphoric acid groups is 2. The van der Waals surface area contributed by atoms with Gasteiger partial charge < -0.3 is 25.6 Å². The van der Waals surface area contributed by atoms with Gasteiger partial charge in [-0.05, 0) is 4.31 Å². The molecule has 0 aromatic carbocycles. The summed E-state index contributed by atoms with van der Waals surface area (Å²) in [4.78, 5) is 49.1. The Balaban J connectivity index is 1.84. The molecule has 2 aromatic rings. The maximum absolute atomic E-state index is 12.0. The van der Waals surface area contributed by atoms with E-state index in [2.05, 4.69) is 34.7 Å². The number of aromatic nitrogens is 4. The molecule has 1 aliphatic heterocycles. The highest BCUT2D eigenvalue weighted by molar-refractivity contribution is 7.64. The normalized spacial score (nSPS) is 29.5. The SMILES string of the molecule is C=CC1(O)C(O)[C@@H](COP(=O)(O)OP(=O)(O)O[P+](=O)O)O[C@H]1n1cnc2c(=O)[nH]c(N)nc21. The number of phosphoric ester groups is 1. The summed E-state index contributed by atoms with van der Waals surface area (Å²) < 4.78 is 52.2. The number of imidazole rings is 1. The van der Waals surface area contributed by atoms with Crippen LogP contribution >= 0.6 is 23.9 Å². The van der Waals surface area contributed by atoms with E-state index in [1.54, 1.807) is 0 Å². The summed E-state index contributed by atoms with van der Waals surface area (Å²) in [6, 6.07) is 0. The van der Waals surface area contributed by atoms with Crippen LogP contribution in [0, 0.1) is 0 Å². The molecule has 3 heterocycles. The van der Waals surface area contributed by atoms with Crippen LogP contribution in [0.3, 0.4) is 0 Å². The number of anilines is 1. The Morgan fingerprint density at radius 1 is 1.42 bits per heavy atom. The Bertz CT molecular complexity index is 1250. The summed E-state index contributed by atoms with van der Waals surface area (Å²) in [5.74, 6) is -0.284. The Morgan fingerprint density at radius 3 is 2.70 bits per heavy atom. The van der Waals surface area contributed by atoms with Crippen LogP contribution in [0.25, 0.3) is 11.2 Å². The van der Waals surface area contributed by atoms with Crippen molar-refractivity contribution in [2.75, 3.05) is 12.3 Å². The van der Waals surface area contributed by atoms with Gasteiger partial charge in [-0.25, -0.2) is 14.1 Å². The first-order chi connectivity index (χ1) is 15.2. The molecule has 8 N–H and O–H groups in total. The van der Waals surface area contributed by atoms with Gasteiger partial charge in [0.1, 0.15) is 12.2 Å². The van der Waals surface area contributed by atoms with Gasteiger partial charge in [-0.2, -0.15) is 9.29 Å². The Labute approximate surface area is 183 Å². The summed E-state index contributed by atoms with van der Waals surface area (Å²) in [6.07, 6.45) is -3.03. The Kier molecular flexibility index (Phi) is 7.04. The van der Waals surface area contributed by atoms with Gasteiger partial charge in [0, 0.05) is 4.57 Å². The summed E-state index contributed by atoms with van der Waals surface area (Å²) >= 11 is 0. The van der Waals surface area contributed by atoms with Crippen molar-refractivity contribution in [2.45, 2.75) is 24.0 Å². The molecule has 5 unspecified atom stereocenters. The number of nitrogens with one attached hydrogen (secondary N) is 1. The van der Waals surface area contributed by atoms with Crippen LogP contribution in [0.1, 0.15) is 6.23 Å². The van der Waals surface area contributed by atoms with Crippen LogP contribution in [0.4, 0.5) is 5.95 Å². The first kappa shape index (κ1) is 25.7. The number of aromatic amines is 1. The number of ether oxygens (including phenoxy) is 1. The number of hydrogen-bond acceptors (Lipinski definition) is 13. The number of nitrogens with zero attached hydrogens (tertiary/aromatic N) is 3. The van der Waals surface area contributed by atoms with Crippen molar-refractivity contribution in [3.8, 4) is 0 Å². The van der Waals surface area contributed by atoms with Crippen molar-refractivity contribution in [1.29, 1.82) is 0 Å². The standard InChI is InChI=1S/C12H16N5O13P3/c1-2-12(20)7(18)5(3-27-32(23,24)30-33(25,26)29-31(21)22)28-10(12)17-4-14-6-8(17)15-11(13)16-9(6)19/h2,4-5,7,10,18,20H,1,3H2,(H5-,13,15,16,19,21,22,23,24,25,26)/p+1/t5-,7?,10-,12?/m1/s1. The molecule has 2 aromatic heterocycles. The van der Waals surface area contributed by atoms with E-state index < -0.39 is 60.1 Å². The van der Waals surface area contributed by atoms with E-state index in [4.69, 9.17) is 20.3 Å². The van der Waals surface area contributed by atoms with Crippen molar-refractivity contribution in [3.63, 3.8) is 0 Å². The quantitative estimate of drug-likeness (QED) is 0.147. The molecule has 0 amide bonds. The average Bonchev–Trinajstić information content (AvgIpc) is 3.18. The third kappa shape index (κ3) is 5.27. The lowest BCUT2D eigenvalue weighted by Gasteiger charge is -2.28. The number of nitrogens with two attached hydrogens (primary N) is 1. The molecule has 0 spiro atoms. The third-order valence-corrected chi connectivity index (χ3v) is 7.85. The van der Waals surface area contributed by atoms with Crippen LogP contribution in [-0.2, 0) is 31.6 Å². The number of fused-ring (bicyclic) bond motifs is 1. The second kappa shape index (κ2) is 9.03. The smallest absolute Gasteiger partial charge is 0.387 e. The molecule has 21 heteroatoms. The number of aliphatic hydroxyl groups is 2. The zero-order valence-corrected chi connectivity index (χ0v) is 18.7. The lowest BCUT2D eigenvalue weighted by atomic mass is 9.94. The highest BCUT2D eigenvalue weighted by Crippen LogP contribution is 2.63. The second-order valence-electron chi connectivity index (χ2n) is 6.47. The number of hydrogen-bond donors (Lipinski definition) is 7. The predicted molar refractivity (Wildman–Crippen MR) is 105 cm³/mol. The van der Waals surface area contributed by atoms with Crippen molar-refractivity contribution in [3.05, 3.63) is 29.3 Å². The fourth-order valence-corrected chi connectivity index (χ4v) is 5.63. The molecule has 0 radical (unpaired) electrons. The highest BCUT2D eigenvalue weighted by atomic mass is 31.3. The fourth-order valence-electron chi connectivity index (χ4n) is 2.97. The lowest BCUT2D eigenvalue weighted by molar-refractivity contribution is -0.0768. The van der Waals surface area contributed by atoms with E-state index in [9.17, 15) is 33.6 Å². The van der Waals surface area contributed by atoms with Gasteiger partial charge in [0.05, 0.1) is 12.9 Å². The highest BCUT2D eigenvalue weighted by Gasteiger charge is 2.55. The molecule has 18 nitrogen and oxygen atoms in total. The minimum Gasteiger partial charge on any atom is -0.387 e. The van der Waals surface area contributed by atoms with E-state index in [1.807, 2.05) is 0 Å². The zero-order chi connectivity index (χ0) is 24.8. The molecule has 0 saturated carbocycles. The molecule has 1 aliphatic rings. The van der Waals surface area contributed by atoms with E-state index >= 15 is 0 Å². The molecular weight excluding hydrogens is 515 g/mol.